The Morgan fingerprint density at radius 3 is 2.29 bits per heavy atom. The van der Waals surface area contributed by atoms with E-state index in [2.05, 4.69) is 5.32 Å². The first-order valence-electron chi connectivity index (χ1n) is 13.6. The van der Waals surface area contributed by atoms with Crippen molar-refractivity contribution in [3.8, 4) is 5.75 Å². The normalized spacial score (nSPS) is 14.3. The molecule has 0 aromatic heterocycles. The number of ether oxygens (including phenoxy) is 1. The molecule has 0 bridgehead atoms. The van der Waals surface area contributed by atoms with Crippen molar-refractivity contribution in [2.24, 2.45) is 0 Å². The predicted molar refractivity (Wildman–Crippen MR) is 162 cm³/mol. The summed E-state index contributed by atoms with van der Waals surface area (Å²) in [6, 6.07) is 22.3. The zero-order valence-electron chi connectivity index (χ0n) is 23.3. The van der Waals surface area contributed by atoms with E-state index in [4.69, 9.17) is 16.3 Å². The van der Waals surface area contributed by atoms with Crippen molar-refractivity contribution >= 4 is 39.1 Å². The number of hydrogen-bond donors (Lipinski definition) is 1. The third kappa shape index (κ3) is 8.47. The highest BCUT2D eigenvalue weighted by atomic mass is 35.5. The van der Waals surface area contributed by atoms with Gasteiger partial charge < -0.3 is 15.0 Å². The molecule has 4 rings (SSSR count). The molecule has 0 unspecified atom stereocenters. The van der Waals surface area contributed by atoms with Crippen molar-refractivity contribution in [2.75, 3.05) is 24.2 Å². The monoisotopic (exact) mass is 597 g/mol. The molecule has 10 heteroatoms. The van der Waals surface area contributed by atoms with Crippen LogP contribution in [-0.2, 0) is 32.6 Å². The summed E-state index contributed by atoms with van der Waals surface area (Å²) in [7, 11) is -2.38. The molecule has 1 fully saturated rings. The third-order valence-corrected chi connectivity index (χ3v) is 8.65. The van der Waals surface area contributed by atoms with Crippen LogP contribution in [0.5, 0.6) is 5.75 Å². The Balaban J connectivity index is 1.72. The zero-order chi connectivity index (χ0) is 29.4. The molecule has 3 aromatic rings. The number of methoxy groups -OCH3 is 1. The molecule has 1 aliphatic carbocycles. The van der Waals surface area contributed by atoms with Crippen molar-refractivity contribution in [3.05, 3.63) is 95.0 Å². The summed E-state index contributed by atoms with van der Waals surface area (Å²) >= 11 is 6.11. The van der Waals surface area contributed by atoms with Gasteiger partial charge in [0, 0.05) is 30.1 Å². The molecule has 8 nitrogen and oxygen atoms in total. The van der Waals surface area contributed by atoms with Gasteiger partial charge in [-0.1, -0.05) is 73.0 Å². The summed E-state index contributed by atoms with van der Waals surface area (Å²) in [6.45, 7) is -0.386. The maximum Gasteiger partial charge on any atom is 0.244 e. The van der Waals surface area contributed by atoms with Gasteiger partial charge in [0.05, 0.1) is 19.1 Å². The van der Waals surface area contributed by atoms with Crippen molar-refractivity contribution in [3.63, 3.8) is 0 Å². The van der Waals surface area contributed by atoms with Crippen LogP contribution in [0.3, 0.4) is 0 Å². The lowest BCUT2D eigenvalue weighted by Crippen LogP contribution is -2.54. The molecule has 41 heavy (non-hydrogen) atoms. The molecule has 1 N–H and O–H groups in total. The van der Waals surface area contributed by atoms with Gasteiger partial charge in [0.15, 0.2) is 0 Å². The number of hydrogen-bond acceptors (Lipinski definition) is 5. The number of benzene rings is 3. The Morgan fingerprint density at radius 1 is 0.976 bits per heavy atom. The first kappa shape index (κ1) is 30.4. The van der Waals surface area contributed by atoms with E-state index in [0.29, 0.717) is 16.5 Å². The van der Waals surface area contributed by atoms with Gasteiger partial charge in [0.1, 0.15) is 18.3 Å². The van der Waals surface area contributed by atoms with Gasteiger partial charge in [-0.15, -0.1) is 0 Å². The minimum atomic E-state index is -3.86. The fraction of sp³-hybridized carbons (Fsp3) is 0.355. The minimum absolute atomic E-state index is 0.0533. The van der Waals surface area contributed by atoms with E-state index in [1.165, 1.54) is 12.0 Å². The maximum absolute atomic E-state index is 14.2. The van der Waals surface area contributed by atoms with Gasteiger partial charge in [-0.2, -0.15) is 0 Å². The molecule has 0 saturated heterocycles. The number of sulfonamides is 1. The number of carbonyl (C=O) groups excluding carboxylic acids is 2. The van der Waals surface area contributed by atoms with Crippen molar-refractivity contribution in [1.29, 1.82) is 0 Å². The molecule has 1 aliphatic rings. The number of amides is 2. The second-order valence-corrected chi connectivity index (χ2v) is 12.7. The fourth-order valence-corrected chi connectivity index (χ4v) is 6.05. The van der Waals surface area contributed by atoms with Crippen LogP contribution in [0.25, 0.3) is 0 Å². The first-order valence-corrected chi connectivity index (χ1v) is 15.9. The van der Waals surface area contributed by atoms with Crippen molar-refractivity contribution in [1.82, 2.24) is 10.2 Å². The largest absolute Gasteiger partial charge is 0.497 e. The molecular formula is C31H36ClN3O5S. The number of nitrogens with zero attached hydrogens (tertiary/aromatic N) is 2. The van der Waals surface area contributed by atoms with E-state index < -0.39 is 28.5 Å². The Hall–Kier alpha value is -3.56. The molecule has 0 aliphatic heterocycles. The SMILES string of the molecule is COc1cccc(N(CC(=O)N(Cc2ccc(Cl)cc2)[C@@H](Cc2ccccc2)C(=O)NC2CCCC2)S(C)(=O)=O)c1. The molecule has 0 spiro atoms. The van der Waals surface area contributed by atoms with E-state index in [0.717, 1.165) is 47.4 Å². The van der Waals surface area contributed by atoms with Crippen LogP contribution >= 0.6 is 11.6 Å². The summed E-state index contributed by atoms with van der Waals surface area (Å²) in [6.07, 6.45) is 5.21. The Labute approximate surface area is 247 Å². The minimum Gasteiger partial charge on any atom is -0.497 e. The zero-order valence-corrected chi connectivity index (χ0v) is 24.9. The quantitative estimate of drug-likeness (QED) is 0.323. The van der Waals surface area contributed by atoms with Gasteiger partial charge in [-0.3, -0.25) is 13.9 Å². The highest BCUT2D eigenvalue weighted by Crippen LogP contribution is 2.25. The van der Waals surface area contributed by atoms with E-state index in [1.54, 1.807) is 48.5 Å². The lowest BCUT2D eigenvalue weighted by atomic mass is 10.0. The number of nitrogens with one attached hydrogen (secondary N) is 1. The summed E-state index contributed by atoms with van der Waals surface area (Å²) in [5.74, 6) is -0.300. The van der Waals surface area contributed by atoms with Gasteiger partial charge in [-0.25, -0.2) is 8.42 Å². The maximum atomic E-state index is 14.2. The highest BCUT2D eigenvalue weighted by Gasteiger charge is 2.34. The van der Waals surface area contributed by atoms with Crippen LogP contribution < -0.4 is 14.4 Å². The smallest absolute Gasteiger partial charge is 0.244 e. The standard InChI is InChI=1S/C31H36ClN3O5S/c1-40-28-14-8-13-27(20-28)35(41(2,38)39)22-30(36)34(21-24-15-17-25(32)18-16-24)29(19-23-9-4-3-5-10-23)31(37)33-26-11-6-7-12-26/h3-5,8-10,13-18,20,26,29H,6-7,11-12,19,21-22H2,1-2H3,(H,33,37)/t29-/m0/s1. The molecule has 1 atom stereocenters. The Bertz CT molecular complexity index is 1430. The van der Waals surface area contributed by atoms with E-state index >= 15 is 0 Å². The fourth-order valence-electron chi connectivity index (χ4n) is 5.09. The van der Waals surface area contributed by atoms with E-state index in [-0.39, 0.29) is 24.9 Å². The third-order valence-electron chi connectivity index (χ3n) is 7.26. The molecule has 1 saturated carbocycles. The van der Waals surface area contributed by atoms with Crippen molar-refractivity contribution in [2.45, 2.75) is 50.7 Å². The van der Waals surface area contributed by atoms with Gasteiger partial charge in [-0.05, 0) is 48.2 Å². The molecule has 218 valence electrons. The van der Waals surface area contributed by atoms with Crippen LogP contribution in [0.1, 0.15) is 36.8 Å². The van der Waals surface area contributed by atoms with Crippen molar-refractivity contribution < 1.29 is 22.7 Å². The average Bonchev–Trinajstić information content (AvgIpc) is 3.47. The van der Waals surface area contributed by atoms with Crippen LogP contribution in [0.15, 0.2) is 78.9 Å². The van der Waals surface area contributed by atoms with Crippen LogP contribution in [0, 0.1) is 0 Å². The second-order valence-electron chi connectivity index (χ2n) is 10.3. The van der Waals surface area contributed by atoms with E-state index in [1.807, 2.05) is 30.3 Å². The Morgan fingerprint density at radius 2 is 1.66 bits per heavy atom. The molecule has 3 aromatic carbocycles. The number of rotatable bonds is 12. The molecule has 0 heterocycles. The summed E-state index contributed by atoms with van der Waals surface area (Å²) in [4.78, 5) is 29.5. The Kier molecular flexibility index (Phi) is 10.3. The topological polar surface area (TPSA) is 96.0 Å². The predicted octanol–water partition coefficient (Wildman–Crippen LogP) is 4.81. The van der Waals surface area contributed by atoms with Crippen LogP contribution in [-0.4, -0.2) is 57.1 Å². The summed E-state index contributed by atoms with van der Waals surface area (Å²) < 4.78 is 32.2. The van der Waals surface area contributed by atoms with Gasteiger partial charge in [0.2, 0.25) is 21.8 Å². The van der Waals surface area contributed by atoms with Crippen LogP contribution in [0.4, 0.5) is 5.69 Å². The van der Waals surface area contributed by atoms with Gasteiger partial charge in [0.25, 0.3) is 0 Å². The molecule has 2 amide bonds. The lowest BCUT2D eigenvalue weighted by molar-refractivity contribution is -0.140. The number of halogens is 1. The highest BCUT2D eigenvalue weighted by molar-refractivity contribution is 7.92. The lowest BCUT2D eigenvalue weighted by Gasteiger charge is -2.34. The van der Waals surface area contributed by atoms with E-state index in [9.17, 15) is 18.0 Å². The van der Waals surface area contributed by atoms with Crippen LogP contribution in [0.2, 0.25) is 5.02 Å². The average molecular weight is 598 g/mol. The second kappa shape index (κ2) is 13.9. The number of carbonyl (C=O) groups is 2. The molecular weight excluding hydrogens is 562 g/mol. The summed E-state index contributed by atoms with van der Waals surface area (Å²) in [5, 5.41) is 3.71. The van der Waals surface area contributed by atoms with Gasteiger partial charge >= 0.3 is 0 Å². The summed E-state index contributed by atoms with van der Waals surface area (Å²) in [5.41, 5.74) is 1.95. The first-order chi connectivity index (χ1) is 19.6. The number of anilines is 1. The molecule has 0 radical (unpaired) electrons.